The summed E-state index contributed by atoms with van der Waals surface area (Å²) in [5, 5.41) is 36.8. The Morgan fingerprint density at radius 3 is 1.54 bits per heavy atom. The number of hydrogen-bond donors (Lipinski definition) is 6. The predicted molar refractivity (Wildman–Crippen MR) is 285 cm³/mol. The van der Waals surface area contributed by atoms with Crippen LogP contribution in [0.1, 0.15) is 141 Å². The Morgan fingerprint density at radius 2 is 1.02 bits per heavy atom. The molecule has 460 valence electrons. The number of rotatable bonds is 18. The molecule has 0 aromatic carbocycles. The molecule has 2 aliphatic heterocycles. The highest BCUT2D eigenvalue weighted by Gasteiger charge is 2.71. The molecule has 19 atom stereocenters. The van der Waals surface area contributed by atoms with Crippen LogP contribution in [0.2, 0.25) is 0 Å². The quantitative estimate of drug-likeness (QED) is 0.0651. The first kappa shape index (κ1) is 64.5. The zero-order chi connectivity index (χ0) is 60.7. The SMILES string of the molecule is CC(=O)OC1C(OC2C(OC3CCC4(C)C(CCC5(C)C4C(=O)C=C4C6CC(C)(C(=O)NCCO)CCC6(C)CCC45C)C3(C)C)OC(C(=O)NCCO)C(OC(C)=O)C2OC(C)=O)OC(C(=O)NCCO)C(OC(C)=O)C1OC(C)=O. The van der Waals surface area contributed by atoms with Gasteiger partial charge in [-0.15, -0.1) is 0 Å². The highest BCUT2D eigenvalue weighted by molar-refractivity contribution is 5.96. The predicted octanol–water partition coefficient (Wildman–Crippen LogP) is 2.17. The third kappa shape index (κ3) is 12.2. The Bertz CT molecular complexity index is 2500. The summed E-state index contributed by atoms with van der Waals surface area (Å²) in [5.41, 5.74) is -2.00. The van der Waals surface area contributed by atoms with E-state index < -0.39 is 155 Å². The summed E-state index contributed by atoms with van der Waals surface area (Å²) in [6.45, 7) is 18.6. The van der Waals surface area contributed by atoms with Crippen LogP contribution in [0, 0.1) is 50.2 Å². The Hall–Kier alpha value is -5.11. The zero-order valence-electron chi connectivity index (χ0n) is 49.5. The lowest BCUT2D eigenvalue weighted by atomic mass is 9.33. The van der Waals surface area contributed by atoms with Crippen molar-refractivity contribution in [3.8, 4) is 0 Å². The van der Waals surface area contributed by atoms with Gasteiger partial charge in [-0.1, -0.05) is 54.0 Å². The number of carbonyl (C=O) groups is 9. The van der Waals surface area contributed by atoms with Crippen LogP contribution in [0.5, 0.6) is 0 Å². The maximum Gasteiger partial charge on any atom is 0.303 e. The lowest BCUT2D eigenvalue weighted by Crippen LogP contribution is -2.70. The van der Waals surface area contributed by atoms with E-state index in [0.717, 1.165) is 59.5 Å². The molecule has 6 N–H and O–H groups in total. The molecule has 2 saturated heterocycles. The molecule has 3 amide bonds. The van der Waals surface area contributed by atoms with Gasteiger partial charge in [0.05, 0.1) is 25.9 Å². The van der Waals surface area contributed by atoms with E-state index in [1.165, 1.54) is 0 Å². The van der Waals surface area contributed by atoms with E-state index in [2.05, 4.69) is 43.6 Å². The van der Waals surface area contributed by atoms with Crippen molar-refractivity contribution < 1.29 is 101 Å². The third-order valence-electron chi connectivity index (χ3n) is 19.9. The minimum Gasteiger partial charge on any atom is -0.455 e. The van der Waals surface area contributed by atoms with Gasteiger partial charge in [0, 0.05) is 65.6 Å². The summed E-state index contributed by atoms with van der Waals surface area (Å²) in [5.74, 6) is -7.46. The average Bonchev–Trinajstić information content (AvgIpc) is 1.74. The first-order valence-electron chi connectivity index (χ1n) is 28.8. The van der Waals surface area contributed by atoms with E-state index in [1.807, 2.05) is 26.8 Å². The second kappa shape index (κ2) is 24.8. The minimum absolute atomic E-state index is 0.0189. The molecule has 19 unspecified atom stereocenters. The molecule has 7 rings (SSSR count). The van der Waals surface area contributed by atoms with Crippen LogP contribution in [0.4, 0.5) is 0 Å². The maximum atomic E-state index is 15.4. The molecule has 0 radical (unpaired) electrons. The summed E-state index contributed by atoms with van der Waals surface area (Å²) in [6, 6.07) is 0. The number of ether oxygens (including phenoxy) is 9. The fourth-order valence-corrected chi connectivity index (χ4v) is 15.9. The average molecular weight is 1160 g/mol. The maximum absolute atomic E-state index is 15.4. The molecular formula is C58H87N3O21. The highest BCUT2D eigenvalue weighted by atomic mass is 16.8. The van der Waals surface area contributed by atoms with Crippen molar-refractivity contribution >= 4 is 53.4 Å². The molecule has 6 fully saturated rings. The van der Waals surface area contributed by atoms with Gasteiger partial charge < -0.3 is 73.9 Å². The van der Waals surface area contributed by atoms with Crippen molar-refractivity contribution in [3.05, 3.63) is 11.6 Å². The summed E-state index contributed by atoms with van der Waals surface area (Å²) in [4.78, 5) is 122. The summed E-state index contributed by atoms with van der Waals surface area (Å²) in [7, 11) is 0. The number of ketones is 1. The molecule has 24 heteroatoms. The van der Waals surface area contributed by atoms with Crippen LogP contribution in [0.25, 0.3) is 0 Å². The molecule has 0 bridgehead atoms. The van der Waals surface area contributed by atoms with E-state index in [-0.39, 0.29) is 55.2 Å². The minimum atomic E-state index is -2.04. The van der Waals surface area contributed by atoms with Crippen molar-refractivity contribution in [2.24, 2.45) is 50.2 Å². The van der Waals surface area contributed by atoms with Crippen molar-refractivity contribution in [2.45, 2.75) is 208 Å². The molecule has 7 aliphatic rings. The molecule has 2 heterocycles. The standard InChI is InChI=1S/C58H87N3O21/c1-29(65)74-39-41(76-31(3)67)45(78-33(5)69)51(81-44(39)49(72)60-22-25-63)82-46-42(77-32(4)68)40(75-30(2)66)43(48(71)59-21-24-62)80-50(46)79-38-14-15-56(10)37(53(38,6)7)13-16-58(12)47(56)36(70)27-34-35-28-55(9,52(73)61-23-26-64)18-17-54(35,8)19-20-57(34,58)11/h27,35,37-47,50-51,62-64H,13-26,28H2,1-12H3,(H,59,71)(H,60,72)(H,61,73). The number of aliphatic hydroxyl groups is 3. The number of hydrogen-bond acceptors (Lipinski definition) is 21. The molecule has 0 aromatic heterocycles. The molecular weight excluding hydrogens is 1070 g/mol. The first-order chi connectivity index (χ1) is 38.4. The van der Waals surface area contributed by atoms with Gasteiger partial charge in [-0.3, -0.25) is 43.2 Å². The lowest BCUT2D eigenvalue weighted by molar-refractivity contribution is -0.370. The van der Waals surface area contributed by atoms with Gasteiger partial charge >= 0.3 is 29.8 Å². The van der Waals surface area contributed by atoms with E-state index in [0.29, 0.717) is 38.5 Å². The van der Waals surface area contributed by atoms with Crippen molar-refractivity contribution in [1.82, 2.24) is 16.0 Å². The Kier molecular flexibility index (Phi) is 19.5. The third-order valence-corrected chi connectivity index (χ3v) is 19.9. The van der Waals surface area contributed by atoms with Crippen molar-refractivity contribution in [1.29, 1.82) is 0 Å². The van der Waals surface area contributed by atoms with Crippen molar-refractivity contribution in [2.75, 3.05) is 39.5 Å². The number of carbonyl (C=O) groups excluding carboxylic acids is 9. The van der Waals surface area contributed by atoms with Crippen LogP contribution in [0.15, 0.2) is 11.6 Å². The zero-order valence-corrected chi connectivity index (χ0v) is 49.5. The molecule has 5 aliphatic carbocycles. The van der Waals surface area contributed by atoms with E-state index in [9.17, 15) is 53.7 Å². The lowest BCUT2D eigenvalue weighted by Gasteiger charge is -2.70. The van der Waals surface area contributed by atoms with Crippen LogP contribution < -0.4 is 16.0 Å². The van der Waals surface area contributed by atoms with Gasteiger partial charge in [0.25, 0.3) is 11.8 Å². The van der Waals surface area contributed by atoms with Crippen LogP contribution in [-0.2, 0) is 85.8 Å². The van der Waals surface area contributed by atoms with E-state index in [4.69, 9.17) is 42.6 Å². The number of amides is 3. The first-order valence-corrected chi connectivity index (χ1v) is 28.8. The molecule has 4 saturated carbocycles. The number of esters is 5. The van der Waals surface area contributed by atoms with Gasteiger partial charge in [0.2, 0.25) is 5.91 Å². The Labute approximate surface area is 478 Å². The number of aliphatic hydroxyl groups excluding tert-OH is 3. The van der Waals surface area contributed by atoms with E-state index in [1.54, 1.807) is 0 Å². The summed E-state index contributed by atoms with van der Waals surface area (Å²) in [6.07, 6.45) is -11.5. The molecule has 0 aromatic rings. The van der Waals surface area contributed by atoms with Gasteiger partial charge in [-0.25, -0.2) is 0 Å². The largest absolute Gasteiger partial charge is 0.455 e. The fraction of sp³-hybridized carbons (Fsp3) is 0.810. The second-order valence-electron chi connectivity index (χ2n) is 25.6. The van der Waals surface area contributed by atoms with Gasteiger partial charge in [0.1, 0.15) is 0 Å². The molecule has 0 spiro atoms. The highest BCUT2D eigenvalue weighted by Crippen LogP contribution is 2.75. The van der Waals surface area contributed by atoms with Gasteiger partial charge in [-0.2, -0.15) is 0 Å². The summed E-state index contributed by atoms with van der Waals surface area (Å²) < 4.78 is 55.0. The molecule has 82 heavy (non-hydrogen) atoms. The number of allylic oxidation sites excluding steroid dienone is 2. The van der Waals surface area contributed by atoms with Crippen LogP contribution in [0.3, 0.4) is 0 Å². The monoisotopic (exact) mass is 1160 g/mol. The van der Waals surface area contributed by atoms with Crippen LogP contribution >= 0.6 is 0 Å². The van der Waals surface area contributed by atoms with Gasteiger partial charge in [0.15, 0.2) is 67.2 Å². The smallest absolute Gasteiger partial charge is 0.303 e. The summed E-state index contributed by atoms with van der Waals surface area (Å²) >= 11 is 0. The van der Waals surface area contributed by atoms with Gasteiger partial charge in [-0.05, 0) is 103 Å². The normalized spacial score (nSPS) is 40.1. The van der Waals surface area contributed by atoms with Crippen LogP contribution in [-0.4, -0.2) is 176 Å². The Balaban J connectivity index is 1.29. The number of fused-ring (bicyclic) bond motifs is 7. The van der Waals surface area contributed by atoms with Crippen molar-refractivity contribution in [3.63, 3.8) is 0 Å². The Morgan fingerprint density at radius 1 is 0.561 bits per heavy atom. The number of nitrogens with one attached hydrogen (secondary N) is 3. The fourth-order valence-electron chi connectivity index (χ4n) is 15.9. The second-order valence-corrected chi connectivity index (χ2v) is 25.6. The topological polar surface area (TPSA) is 333 Å². The van der Waals surface area contributed by atoms with E-state index >= 15 is 4.79 Å². The molecule has 24 nitrogen and oxygen atoms in total.